The number of aliphatic hydroxyl groups excluding tert-OH is 1. The monoisotopic (exact) mass is 372 g/mol. The van der Waals surface area contributed by atoms with Gasteiger partial charge < -0.3 is 19.2 Å². The Kier molecular flexibility index (Phi) is 5.04. The molecule has 9 heteroatoms. The molecule has 9 nitrogen and oxygen atoms in total. The molecule has 0 radical (unpaired) electrons. The third-order valence-corrected chi connectivity index (χ3v) is 4.23. The number of Topliss-reactive ketones (excluding diaryl/α,β-unsaturated/α-hetero) is 1. The van der Waals surface area contributed by atoms with Crippen LogP contribution in [0.3, 0.4) is 0 Å². The van der Waals surface area contributed by atoms with Crippen molar-refractivity contribution in [2.45, 2.75) is 6.04 Å². The van der Waals surface area contributed by atoms with Gasteiger partial charge in [-0.3, -0.25) is 19.7 Å². The molecule has 0 unspecified atom stereocenters. The van der Waals surface area contributed by atoms with E-state index in [1.54, 1.807) is 6.07 Å². The van der Waals surface area contributed by atoms with Crippen molar-refractivity contribution in [3.8, 4) is 0 Å². The van der Waals surface area contributed by atoms with Gasteiger partial charge in [0.25, 0.3) is 11.6 Å². The topological polar surface area (TPSA) is 123 Å². The molecule has 1 amide bonds. The number of ether oxygens (including phenoxy) is 1. The summed E-state index contributed by atoms with van der Waals surface area (Å²) in [6, 6.07) is 7.51. The van der Waals surface area contributed by atoms with E-state index in [-0.39, 0.29) is 30.2 Å². The van der Waals surface area contributed by atoms with Gasteiger partial charge in [0.2, 0.25) is 5.78 Å². The van der Waals surface area contributed by atoms with Crippen LogP contribution in [0.15, 0.2) is 58.4 Å². The van der Waals surface area contributed by atoms with E-state index < -0.39 is 28.4 Å². The van der Waals surface area contributed by atoms with Crippen molar-refractivity contribution in [1.29, 1.82) is 0 Å². The number of hydrogen-bond acceptors (Lipinski definition) is 7. The fraction of sp³-hybridized carbons (Fsp3) is 0.222. The van der Waals surface area contributed by atoms with Gasteiger partial charge in [-0.25, -0.2) is 0 Å². The number of nitrogens with zero attached hydrogens (tertiary/aromatic N) is 2. The Morgan fingerprint density at radius 1 is 1.37 bits per heavy atom. The summed E-state index contributed by atoms with van der Waals surface area (Å²) >= 11 is 0. The first-order valence-corrected chi connectivity index (χ1v) is 8.01. The van der Waals surface area contributed by atoms with Crippen molar-refractivity contribution >= 4 is 17.4 Å². The number of furan rings is 1. The molecule has 27 heavy (non-hydrogen) atoms. The summed E-state index contributed by atoms with van der Waals surface area (Å²) in [7, 11) is 1.45. The molecule has 0 fully saturated rings. The Labute approximate surface area is 153 Å². The highest BCUT2D eigenvalue weighted by Crippen LogP contribution is 2.39. The molecule has 1 aliphatic rings. The van der Waals surface area contributed by atoms with Crippen LogP contribution in [-0.4, -0.2) is 46.9 Å². The number of hydrogen-bond donors (Lipinski definition) is 1. The average molecular weight is 372 g/mol. The number of carbonyl (C=O) groups excluding carboxylic acids is 2. The van der Waals surface area contributed by atoms with Crippen molar-refractivity contribution in [2.24, 2.45) is 0 Å². The smallest absolute Gasteiger partial charge is 0.290 e. The summed E-state index contributed by atoms with van der Waals surface area (Å²) < 4.78 is 10.1. The van der Waals surface area contributed by atoms with Gasteiger partial charge in [0.15, 0.2) is 11.5 Å². The van der Waals surface area contributed by atoms with Crippen LogP contribution in [0, 0.1) is 10.1 Å². The maximum atomic E-state index is 12.8. The predicted molar refractivity (Wildman–Crippen MR) is 92.1 cm³/mol. The zero-order valence-electron chi connectivity index (χ0n) is 14.3. The van der Waals surface area contributed by atoms with Crippen LogP contribution < -0.4 is 0 Å². The lowest BCUT2D eigenvalue weighted by molar-refractivity contribution is -0.384. The molecule has 0 spiro atoms. The summed E-state index contributed by atoms with van der Waals surface area (Å²) in [6.07, 6.45) is 1.30. The Bertz CT molecular complexity index is 918. The Balaban J connectivity index is 2.11. The van der Waals surface area contributed by atoms with Gasteiger partial charge in [-0.05, 0) is 17.7 Å². The van der Waals surface area contributed by atoms with E-state index >= 15 is 0 Å². The van der Waals surface area contributed by atoms with Crippen LogP contribution in [0.5, 0.6) is 0 Å². The van der Waals surface area contributed by atoms with E-state index in [0.29, 0.717) is 5.56 Å². The minimum Gasteiger partial charge on any atom is -0.503 e. The fourth-order valence-electron chi connectivity index (χ4n) is 3.00. The third-order valence-electron chi connectivity index (χ3n) is 4.23. The highest BCUT2D eigenvalue weighted by atomic mass is 16.6. The van der Waals surface area contributed by atoms with E-state index in [0.717, 1.165) is 0 Å². The van der Waals surface area contributed by atoms with E-state index in [4.69, 9.17) is 9.15 Å². The number of ketones is 1. The lowest BCUT2D eigenvalue weighted by atomic mass is 9.95. The molecule has 0 bridgehead atoms. The summed E-state index contributed by atoms with van der Waals surface area (Å²) in [6.45, 7) is 0.244. The molecular formula is C18H16N2O7. The number of nitro groups is 1. The van der Waals surface area contributed by atoms with Crippen molar-refractivity contribution in [2.75, 3.05) is 20.3 Å². The van der Waals surface area contributed by atoms with E-state index in [1.165, 1.54) is 48.6 Å². The molecule has 1 aromatic heterocycles. The molecule has 0 saturated carbocycles. The maximum Gasteiger partial charge on any atom is 0.290 e. The van der Waals surface area contributed by atoms with Gasteiger partial charge in [0.05, 0.1) is 29.4 Å². The Morgan fingerprint density at radius 2 is 2.15 bits per heavy atom. The van der Waals surface area contributed by atoms with Crippen molar-refractivity contribution in [3.63, 3.8) is 0 Å². The number of amides is 1. The van der Waals surface area contributed by atoms with Gasteiger partial charge in [-0.1, -0.05) is 12.1 Å². The van der Waals surface area contributed by atoms with Crippen LogP contribution in [0.1, 0.15) is 22.2 Å². The zero-order valence-corrected chi connectivity index (χ0v) is 14.3. The second kappa shape index (κ2) is 7.42. The molecule has 2 aromatic rings. The van der Waals surface area contributed by atoms with E-state index in [1.807, 2.05) is 0 Å². The normalized spacial score (nSPS) is 16.9. The molecule has 140 valence electrons. The minimum absolute atomic E-state index is 0.0478. The summed E-state index contributed by atoms with van der Waals surface area (Å²) in [5.74, 6) is -2.17. The van der Waals surface area contributed by atoms with Crippen LogP contribution in [0.2, 0.25) is 0 Å². The molecular weight excluding hydrogens is 356 g/mol. The second-order valence-electron chi connectivity index (χ2n) is 5.81. The van der Waals surface area contributed by atoms with Gasteiger partial charge in [-0.2, -0.15) is 0 Å². The number of aliphatic hydroxyl groups is 1. The maximum absolute atomic E-state index is 12.8. The highest BCUT2D eigenvalue weighted by molar-refractivity contribution is 6.15. The van der Waals surface area contributed by atoms with Crippen LogP contribution in [0.25, 0.3) is 0 Å². The third kappa shape index (κ3) is 3.32. The summed E-state index contributed by atoms with van der Waals surface area (Å²) in [5, 5.41) is 21.5. The number of benzene rings is 1. The van der Waals surface area contributed by atoms with Gasteiger partial charge in [0, 0.05) is 25.8 Å². The van der Waals surface area contributed by atoms with Crippen LogP contribution in [0.4, 0.5) is 5.69 Å². The average Bonchev–Trinajstić information content (AvgIpc) is 3.28. The Hall–Kier alpha value is -3.46. The SMILES string of the molecule is COCCN1C(=O)C(O)=C(C(=O)c2ccco2)[C@@H]1c1cccc([N+](=O)[O-])c1. The summed E-state index contributed by atoms with van der Waals surface area (Å²) in [4.78, 5) is 37.2. The van der Waals surface area contributed by atoms with Crippen molar-refractivity contribution in [3.05, 3.63) is 75.4 Å². The highest BCUT2D eigenvalue weighted by Gasteiger charge is 2.44. The standard InChI is InChI=1S/C18H16N2O7/c1-26-9-7-19-15(11-4-2-5-12(10-11)20(24)25)14(17(22)18(19)23)16(21)13-6-3-8-27-13/h2-6,8,10,15,22H,7,9H2,1H3/t15-/m0/s1. The quantitative estimate of drug-likeness (QED) is 0.450. The lowest BCUT2D eigenvalue weighted by Crippen LogP contribution is -2.34. The second-order valence-corrected chi connectivity index (χ2v) is 5.81. The van der Waals surface area contributed by atoms with Crippen LogP contribution in [-0.2, 0) is 9.53 Å². The van der Waals surface area contributed by atoms with Crippen LogP contribution >= 0.6 is 0 Å². The number of carbonyl (C=O) groups is 2. The lowest BCUT2D eigenvalue weighted by Gasteiger charge is -2.26. The number of rotatable bonds is 7. The zero-order chi connectivity index (χ0) is 19.6. The number of methoxy groups -OCH3 is 1. The number of non-ortho nitro benzene ring substituents is 1. The Morgan fingerprint density at radius 3 is 2.78 bits per heavy atom. The molecule has 1 atom stereocenters. The van der Waals surface area contributed by atoms with Gasteiger partial charge >= 0.3 is 0 Å². The van der Waals surface area contributed by atoms with Crippen molar-refractivity contribution in [1.82, 2.24) is 4.90 Å². The molecule has 1 aliphatic heterocycles. The molecule has 1 N–H and O–H groups in total. The molecule has 2 heterocycles. The first-order chi connectivity index (χ1) is 13.0. The van der Waals surface area contributed by atoms with E-state index in [2.05, 4.69) is 0 Å². The minimum atomic E-state index is -0.995. The first-order valence-electron chi connectivity index (χ1n) is 8.01. The predicted octanol–water partition coefficient (Wildman–Crippen LogP) is 2.41. The molecule has 3 rings (SSSR count). The fourth-order valence-corrected chi connectivity index (χ4v) is 3.00. The van der Waals surface area contributed by atoms with Gasteiger partial charge in [-0.15, -0.1) is 0 Å². The van der Waals surface area contributed by atoms with Gasteiger partial charge in [0.1, 0.15) is 0 Å². The summed E-state index contributed by atoms with van der Waals surface area (Å²) in [5.41, 5.74) is -0.0537. The molecule has 1 aromatic carbocycles. The number of nitro benzene ring substituents is 1. The molecule has 0 saturated heterocycles. The first kappa shape index (κ1) is 18.3. The largest absolute Gasteiger partial charge is 0.503 e. The van der Waals surface area contributed by atoms with E-state index in [9.17, 15) is 24.8 Å². The van der Waals surface area contributed by atoms with Crippen molar-refractivity contribution < 1.29 is 28.8 Å². The molecule has 0 aliphatic carbocycles.